The van der Waals surface area contributed by atoms with Crippen LogP contribution in [-0.4, -0.2) is 73.3 Å². The maximum Gasteiger partial charge on any atom is 0.320 e. The number of nitrogens with zero attached hydrogens (tertiary/aromatic N) is 3. The van der Waals surface area contributed by atoms with Gasteiger partial charge >= 0.3 is 5.97 Å². The van der Waals surface area contributed by atoms with Gasteiger partial charge in [-0.2, -0.15) is 0 Å². The van der Waals surface area contributed by atoms with Crippen molar-refractivity contribution < 1.29 is 28.2 Å². The third kappa shape index (κ3) is 6.70. The van der Waals surface area contributed by atoms with Crippen LogP contribution >= 0.6 is 11.6 Å². The number of morpholine rings is 1. The van der Waals surface area contributed by atoms with E-state index in [4.69, 9.17) is 25.8 Å². The van der Waals surface area contributed by atoms with Crippen molar-refractivity contribution in [2.24, 2.45) is 0 Å². The fraction of sp³-hybridized carbons (Fsp3) is 0.280. The number of esters is 1. The van der Waals surface area contributed by atoms with Gasteiger partial charge in [-0.25, -0.2) is 14.4 Å². The summed E-state index contributed by atoms with van der Waals surface area (Å²) >= 11 is 5.89. The van der Waals surface area contributed by atoms with E-state index in [1.54, 1.807) is 25.3 Å². The van der Waals surface area contributed by atoms with E-state index in [0.29, 0.717) is 53.5 Å². The number of nitrogens with one attached hydrogen (secondary N) is 2. The Kier molecular flexibility index (Phi) is 8.49. The van der Waals surface area contributed by atoms with Crippen molar-refractivity contribution in [2.75, 3.05) is 51.1 Å². The van der Waals surface area contributed by atoms with Gasteiger partial charge in [0.25, 0.3) is 0 Å². The molecule has 1 aliphatic rings. The van der Waals surface area contributed by atoms with Gasteiger partial charge in [-0.15, -0.1) is 0 Å². The summed E-state index contributed by atoms with van der Waals surface area (Å²) in [5, 5.41) is 6.47. The van der Waals surface area contributed by atoms with Gasteiger partial charge in [0.15, 0.2) is 0 Å². The number of carbonyl (C=O) groups excluding carboxylic acids is 2. The summed E-state index contributed by atoms with van der Waals surface area (Å²) in [6, 6.07) is 7.59. The summed E-state index contributed by atoms with van der Waals surface area (Å²) in [5.41, 5.74) is 1.50. The SMILES string of the molecule is COC[C@@H]1CN(CC=CC(=O)Nc2cc3c(Nc4ccc(F)c(Cl)c4)ncnc3cc2OC)CC(=O)O1. The predicted molar refractivity (Wildman–Crippen MR) is 137 cm³/mol. The second-order valence-corrected chi connectivity index (χ2v) is 8.61. The number of fused-ring (bicyclic) bond motifs is 1. The van der Waals surface area contributed by atoms with Crippen LogP contribution < -0.4 is 15.4 Å². The van der Waals surface area contributed by atoms with Crippen LogP contribution in [0.1, 0.15) is 0 Å². The summed E-state index contributed by atoms with van der Waals surface area (Å²) < 4.78 is 29.3. The van der Waals surface area contributed by atoms with E-state index in [0.717, 1.165) is 0 Å². The highest BCUT2D eigenvalue weighted by molar-refractivity contribution is 6.31. The van der Waals surface area contributed by atoms with Crippen LogP contribution in [-0.2, 0) is 19.1 Å². The zero-order valence-corrected chi connectivity index (χ0v) is 20.9. The number of cyclic esters (lactones) is 1. The second-order valence-electron chi connectivity index (χ2n) is 8.20. The molecule has 0 aliphatic carbocycles. The molecule has 0 unspecified atom stereocenters. The highest BCUT2D eigenvalue weighted by atomic mass is 35.5. The number of ether oxygens (including phenoxy) is 3. The van der Waals surface area contributed by atoms with Gasteiger partial charge in [-0.05, 0) is 24.3 Å². The van der Waals surface area contributed by atoms with Gasteiger partial charge in [0.05, 0.1) is 36.5 Å². The molecule has 1 amide bonds. The number of hydrogen-bond acceptors (Lipinski definition) is 9. The number of amides is 1. The molecule has 2 N–H and O–H groups in total. The Labute approximate surface area is 217 Å². The summed E-state index contributed by atoms with van der Waals surface area (Å²) in [4.78, 5) is 34.8. The lowest BCUT2D eigenvalue weighted by Crippen LogP contribution is -2.47. The number of rotatable bonds is 9. The monoisotopic (exact) mass is 529 g/mol. The van der Waals surface area contributed by atoms with Crippen molar-refractivity contribution in [2.45, 2.75) is 6.10 Å². The summed E-state index contributed by atoms with van der Waals surface area (Å²) in [6.07, 6.45) is 4.09. The fourth-order valence-corrected chi connectivity index (χ4v) is 4.03. The Morgan fingerprint density at radius 3 is 2.89 bits per heavy atom. The largest absolute Gasteiger partial charge is 0.494 e. The van der Waals surface area contributed by atoms with Gasteiger partial charge in [-0.1, -0.05) is 17.7 Å². The van der Waals surface area contributed by atoms with Crippen molar-refractivity contribution in [3.8, 4) is 5.75 Å². The van der Waals surface area contributed by atoms with Crippen LogP contribution in [0.5, 0.6) is 5.75 Å². The van der Waals surface area contributed by atoms with Crippen molar-refractivity contribution in [1.29, 1.82) is 0 Å². The van der Waals surface area contributed by atoms with Crippen LogP contribution in [0.4, 0.5) is 21.6 Å². The minimum absolute atomic E-state index is 0.0274. The Morgan fingerprint density at radius 1 is 1.30 bits per heavy atom. The average Bonchev–Trinajstić information content (AvgIpc) is 2.86. The van der Waals surface area contributed by atoms with Gasteiger partial charge in [0.2, 0.25) is 5.91 Å². The Morgan fingerprint density at radius 2 is 2.14 bits per heavy atom. The lowest BCUT2D eigenvalue weighted by atomic mass is 10.1. The molecule has 4 rings (SSSR count). The van der Waals surface area contributed by atoms with E-state index in [1.165, 1.54) is 37.7 Å². The highest BCUT2D eigenvalue weighted by Gasteiger charge is 2.25. The molecule has 12 heteroatoms. The van der Waals surface area contributed by atoms with E-state index >= 15 is 0 Å². The van der Waals surface area contributed by atoms with Gasteiger partial charge in [0.1, 0.15) is 29.8 Å². The molecule has 0 radical (unpaired) electrons. The van der Waals surface area contributed by atoms with Crippen molar-refractivity contribution in [3.63, 3.8) is 0 Å². The van der Waals surface area contributed by atoms with Crippen LogP contribution in [0.2, 0.25) is 5.02 Å². The maximum atomic E-state index is 13.5. The van der Waals surface area contributed by atoms with E-state index in [1.807, 2.05) is 4.90 Å². The minimum atomic E-state index is -0.530. The highest BCUT2D eigenvalue weighted by Crippen LogP contribution is 2.33. The minimum Gasteiger partial charge on any atom is -0.494 e. The zero-order chi connectivity index (χ0) is 26.4. The molecule has 1 aliphatic heterocycles. The predicted octanol–water partition coefficient (Wildman–Crippen LogP) is 3.54. The van der Waals surface area contributed by atoms with E-state index in [2.05, 4.69) is 20.6 Å². The molecule has 10 nitrogen and oxygen atoms in total. The number of hydrogen-bond donors (Lipinski definition) is 2. The normalized spacial score (nSPS) is 16.1. The van der Waals surface area contributed by atoms with Crippen LogP contribution in [0.15, 0.2) is 48.8 Å². The fourth-order valence-electron chi connectivity index (χ4n) is 3.85. The topological polar surface area (TPSA) is 115 Å². The lowest BCUT2D eigenvalue weighted by molar-refractivity contribution is -0.161. The number of benzene rings is 2. The van der Waals surface area contributed by atoms with Crippen LogP contribution in [0, 0.1) is 5.82 Å². The summed E-state index contributed by atoms with van der Waals surface area (Å²) in [7, 11) is 3.03. The zero-order valence-electron chi connectivity index (χ0n) is 20.2. The van der Waals surface area contributed by atoms with Crippen LogP contribution in [0.25, 0.3) is 10.9 Å². The maximum absolute atomic E-state index is 13.5. The third-order valence-electron chi connectivity index (χ3n) is 5.49. The second kappa shape index (κ2) is 12.0. The first-order valence-electron chi connectivity index (χ1n) is 11.3. The van der Waals surface area contributed by atoms with E-state index in [-0.39, 0.29) is 29.5 Å². The first kappa shape index (κ1) is 26.3. The quantitative estimate of drug-likeness (QED) is 0.317. The number of carbonyl (C=O) groups is 2. The summed E-state index contributed by atoms with van der Waals surface area (Å²) in [5.74, 6) is -0.407. The molecule has 1 atom stereocenters. The lowest BCUT2D eigenvalue weighted by Gasteiger charge is -2.30. The molecule has 194 valence electrons. The molecule has 1 fully saturated rings. The molecule has 2 heterocycles. The molecule has 0 bridgehead atoms. The smallest absolute Gasteiger partial charge is 0.320 e. The Hall–Kier alpha value is -3.80. The van der Waals surface area contributed by atoms with Crippen LogP contribution in [0.3, 0.4) is 0 Å². The first-order valence-corrected chi connectivity index (χ1v) is 11.7. The van der Waals surface area contributed by atoms with Crippen molar-refractivity contribution in [3.05, 3.63) is 59.7 Å². The van der Waals surface area contributed by atoms with E-state index < -0.39 is 5.82 Å². The first-order chi connectivity index (χ1) is 17.9. The van der Waals surface area contributed by atoms with Crippen molar-refractivity contribution >= 4 is 51.6 Å². The molecular weight excluding hydrogens is 505 g/mol. The molecule has 0 saturated carbocycles. The van der Waals surface area contributed by atoms with Gasteiger partial charge in [-0.3, -0.25) is 14.5 Å². The number of methoxy groups -OCH3 is 2. The van der Waals surface area contributed by atoms with Gasteiger partial charge < -0.3 is 24.8 Å². The standard InChI is InChI=1S/C25H25ClFN5O5/c1-35-13-16-11-32(12-24(34)37-16)7-3-4-23(33)31-21-9-17-20(10-22(21)36-2)28-14-29-25(17)30-15-5-6-19(27)18(26)8-15/h3-6,8-10,14,16H,7,11-13H2,1-2H3,(H,31,33)(H,28,29,30)/t16-/m0/s1. The molecular formula is C25H25ClFN5O5. The average molecular weight is 530 g/mol. The van der Waals surface area contributed by atoms with Crippen molar-refractivity contribution in [1.82, 2.24) is 14.9 Å². The molecule has 3 aromatic rings. The number of anilines is 3. The third-order valence-corrected chi connectivity index (χ3v) is 5.78. The molecule has 2 aromatic carbocycles. The van der Waals surface area contributed by atoms with E-state index in [9.17, 15) is 14.0 Å². The molecule has 0 spiro atoms. The summed E-state index contributed by atoms with van der Waals surface area (Å²) in [6.45, 7) is 1.35. The number of halogens is 2. The Balaban J connectivity index is 1.49. The number of aromatic nitrogens is 2. The molecule has 1 aromatic heterocycles. The van der Waals surface area contributed by atoms with Gasteiger partial charge in [0, 0.05) is 43.4 Å². The molecule has 1 saturated heterocycles. The molecule has 37 heavy (non-hydrogen) atoms. The Bertz CT molecular complexity index is 1340.